The van der Waals surface area contributed by atoms with Crippen LogP contribution >= 0.6 is 0 Å². The largest absolute Gasteiger partial charge is 0.0845 e. The zero-order chi connectivity index (χ0) is 30.8. The molecule has 218 valence electrons. The smallest absolute Gasteiger partial charge is 0.0349 e. The minimum Gasteiger partial charge on any atom is -0.0845 e. The van der Waals surface area contributed by atoms with Crippen LogP contribution in [0, 0.1) is 12.1 Å². The molecule has 0 heterocycles. The summed E-state index contributed by atoms with van der Waals surface area (Å²) < 4.78 is 0. The van der Waals surface area contributed by atoms with Gasteiger partial charge in [-0.15, -0.1) is 0 Å². The van der Waals surface area contributed by atoms with Crippen LogP contribution < -0.4 is 0 Å². The first-order valence-electron chi connectivity index (χ1n) is 16.0. The van der Waals surface area contributed by atoms with Crippen molar-refractivity contribution in [3.8, 4) is 44.5 Å². The predicted molar refractivity (Wildman–Crippen MR) is 192 cm³/mol. The number of allylic oxidation sites excluding steroid dienone is 4. The molecule has 6 aromatic rings. The van der Waals surface area contributed by atoms with Crippen molar-refractivity contribution < 1.29 is 0 Å². The molecule has 0 saturated heterocycles. The van der Waals surface area contributed by atoms with E-state index in [1.54, 1.807) is 0 Å². The quantitative estimate of drug-likeness (QED) is 0.142. The first-order valence-corrected chi connectivity index (χ1v) is 16.0. The van der Waals surface area contributed by atoms with E-state index in [9.17, 15) is 0 Å². The maximum atomic E-state index is 3.47. The van der Waals surface area contributed by atoms with E-state index in [4.69, 9.17) is 0 Å². The maximum Gasteiger partial charge on any atom is 0.0349 e. The second kappa shape index (κ2) is 14.5. The highest BCUT2D eigenvalue weighted by Crippen LogP contribution is 2.45. The van der Waals surface area contributed by atoms with Gasteiger partial charge >= 0.3 is 0 Å². The number of hydrogen-bond donors (Lipinski definition) is 0. The van der Waals surface area contributed by atoms with Gasteiger partial charge in [0.2, 0.25) is 0 Å². The van der Waals surface area contributed by atoms with Crippen LogP contribution in [0.2, 0.25) is 0 Å². The Labute approximate surface area is 269 Å². The molecule has 0 fully saturated rings. The van der Waals surface area contributed by atoms with Crippen LogP contribution in [0.25, 0.3) is 44.5 Å². The Hall–Kier alpha value is -5.20. The van der Waals surface area contributed by atoms with Gasteiger partial charge in [-0.2, -0.15) is 0 Å². The number of hydrogen-bond acceptors (Lipinski definition) is 0. The Balaban J connectivity index is 1.62. The molecule has 0 aliphatic carbocycles. The summed E-state index contributed by atoms with van der Waals surface area (Å²) >= 11 is 0. The SMILES string of the molecule is CCC=CC(=CCC)C(c1ccccc1-c1ccccc1-c1[c]cccc1)c1ccccc1-c1ccccc1-c1[c]cccc1. The minimum atomic E-state index is 0.0146. The fourth-order valence-electron chi connectivity index (χ4n) is 6.31. The van der Waals surface area contributed by atoms with E-state index in [1.807, 2.05) is 24.3 Å². The minimum absolute atomic E-state index is 0.0146. The van der Waals surface area contributed by atoms with Crippen molar-refractivity contribution in [1.29, 1.82) is 0 Å². The van der Waals surface area contributed by atoms with Crippen molar-refractivity contribution in [1.82, 2.24) is 0 Å². The van der Waals surface area contributed by atoms with Gasteiger partial charge in [-0.1, -0.05) is 178 Å². The van der Waals surface area contributed by atoms with Gasteiger partial charge in [0.25, 0.3) is 0 Å². The van der Waals surface area contributed by atoms with Gasteiger partial charge in [-0.05, 0) is 86.2 Å². The van der Waals surface area contributed by atoms with Crippen LogP contribution in [0.15, 0.2) is 169 Å². The van der Waals surface area contributed by atoms with Crippen molar-refractivity contribution in [3.63, 3.8) is 0 Å². The second-order valence-electron chi connectivity index (χ2n) is 11.2. The molecule has 0 unspecified atom stereocenters. The monoisotopic (exact) mass is 578 g/mol. The van der Waals surface area contributed by atoms with Crippen molar-refractivity contribution in [2.45, 2.75) is 32.6 Å². The predicted octanol–water partition coefficient (Wildman–Crippen LogP) is 12.4. The first-order chi connectivity index (χ1) is 22.3. The molecule has 0 aromatic heterocycles. The molecule has 0 aliphatic heterocycles. The molecule has 6 aromatic carbocycles. The third-order valence-electron chi connectivity index (χ3n) is 8.30. The maximum absolute atomic E-state index is 3.47. The first kappa shape index (κ1) is 29.9. The Morgan fingerprint density at radius 1 is 0.489 bits per heavy atom. The zero-order valence-electron chi connectivity index (χ0n) is 26.1. The molecule has 45 heavy (non-hydrogen) atoms. The number of benzene rings is 6. The summed E-state index contributed by atoms with van der Waals surface area (Å²) in [6.07, 6.45) is 8.97. The lowest BCUT2D eigenvalue weighted by Gasteiger charge is -2.27. The van der Waals surface area contributed by atoms with E-state index in [2.05, 4.69) is 166 Å². The standard InChI is InChI=1S/C45H38/c1-3-5-21-36(20-4-2)45(43-32-18-16-30-41(43)39-28-14-12-26-37(39)34-22-8-6-9-23-34)44-33-19-17-31-42(44)40-29-15-13-27-38(40)35-24-10-7-11-25-35/h5-22,24,26-33,45H,3-4H2,1-2H3. The molecule has 2 radical (unpaired) electrons. The van der Waals surface area contributed by atoms with Gasteiger partial charge in [0.15, 0.2) is 0 Å². The fraction of sp³-hybridized carbons (Fsp3) is 0.111. The summed E-state index contributed by atoms with van der Waals surface area (Å²) in [5, 5.41) is 0. The lowest BCUT2D eigenvalue weighted by atomic mass is 9.76. The molecule has 0 atom stereocenters. The molecule has 0 aliphatic rings. The van der Waals surface area contributed by atoms with E-state index in [0.29, 0.717) is 0 Å². The normalized spacial score (nSPS) is 11.8. The van der Waals surface area contributed by atoms with Crippen LogP contribution in [-0.2, 0) is 0 Å². The topological polar surface area (TPSA) is 0 Å². The second-order valence-corrected chi connectivity index (χ2v) is 11.2. The Morgan fingerprint density at radius 3 is 1.33 bits per heavy atom. The van der Waals surface area contributed by atoms with Crippen molar-refractivity contribution in [3.05, 3.63) is 193 Å². The highest BCUT2D eigenvalue weighted by atomic mass is 14.3. The lowest BCUT2D eigenvalue weighted by molar-refractivity contribution is 0.963. The average Bonchev–Trinajstić information content (AvgIpc) is 3.12. The summed E-state index contributed by atoms with van der Waals surface area (Å²) in [5.74, 6) is 0.0146. The summed E-state index contributed by atoms with van der Waals surface area (Å²) in [4.78, 5) is 0. The molecule has 0 saturated carbocycles. The molecule has 6 rings (SSSR count). The Morgan fingerprint density at radius 2 is 0.911 bits per heavy atom. The fourth-order valence-corrected chi connectivity index (χ4v) is 6.31. The zero-order valence-corrected chi connectivity index (χ0v) is 26.1. The van der Waals surface area contributed by atoms with E-state index in [0.717, 1.165) is 24.0 Å². The Bertz CT molecular complexity index is 1780. The van der Waals surface area contributed by atoms with E-state index in [1.165, 1.54) is 50.1 Å². The van der Waals surface area contributed by atoms with Crippen LogP contribution in [-0.4, -0.2) is 0 Å². The average molecular weight is 579 g/mol. The lowest BCUT2D eigenvalue weighted by Crippen LogP contribution is -2.08. The van der Waals surface area contributed by atoms with Gasteiger partial charge in [0.1, 0.15) is 0 Å². The van der Waals surface area contributed by atoms with Gasteiger partial charge in [0.05, 0.1) is 0 Å². The molecule has 0 spiro atoms. The highest BCUT2D eigenvalue weighted by molar-refractivity contribution is 5.88. The molecule has 0 nitrogen and oxygen atoms in total. The van der Waals surface area contributed by atoms with Gasteiger partial charge in [-0.25, -0.2) is 0 Å². The molecule has 0 amide bonds. The van der Waals surface area contributed by atoms with Crippen LogP contribution in [0.5, 0.6) is 0 Å². The van der Waals surface area contributed by atoms with Crippen molar-refractivity contribution >= 4 is 0 Å². The third kappa shape index (κ3) is 6.52. The third-order valence-corrected chi connectivity index (χ3v) is 8.30. The van der Waals surface area contributed by atoms with Gasteiger partial charge < -0.3 is 0 Å². The summed E-state index contributed by atoms with van der Waals surface area (Å²) in [5.41, 5.74) is 13.4. The summed E-state index contributed by atoms with van der Waals surface area (Å²) in [7, 11) is 0. The molecule has 0 bridgehead atoms. The molecule has 0 heteroatoms. The van der Waals surface area contributed by atoms with Crippen molar-refractivity contribution in [2.75, 3.05) is 0 Å². The van der Waals surface area contributed by atoms with E-state index < -0.39 is 0 Å². The molecule has 0 N–H and O–H groups in total. The summed E-state index contributed by atoms with van der Waals surface area (Å²) in [6, 6.07) is 58.9. The summed E-state index contributed by atoms with van der Waals surface area (Å²) in [6.45, 7) is 4.44. The van der Waals surface area contributed by atoms with E-state index in [-0.39, 0.29) is 5.92 Å². The van der Waals surface area contributed by atoms with Crippen LogP contribution in [0.1, 0.15) is 43.7 Å². The number of rotatable bonds is 10. The van der Waals surface area contributed by atoms with Gasteiger partial charge in [0, 0.05) is 5.92 Å². The molecular weight excluding hydrogens is 540 g/mol. The van der Waals surface area contributed by atoms with Crippen LogP contribution in [0.4, 0.5) is 0 Å². The van der Waals surface area contributed by atoms with E-state index >= 15 is 0 Å². The Kier molecular flexibility index (Phi) is 9.63. The highest BCUT2D eigenvalue weighted by Gasteiger charge is 2.25. The van der Waals surface area contributed by atoms with Crippen LogP contribution in [0.3, 0.4) is 0 Å². The van der Waals surface area contributed by atoms with Crippen molar-refractivity contribution in [2.24, 2.45) is 0 Å². The van der Waals surface area contributed by atoms with Gasteiger partial charge in [-0.3, -0.25) is 0 Å². The molecular formula is C45H38.